The van der Waals surface area contributed by atoms with E-state index in [-0.39, 0.29) is 10.1 Å². The number of thioether (sulfide) groups is 1. The van der Waals surface area contributed by atoms with Gasteiger partial charge in [-0.15, -0.1) is 10.2 Å². The van der Waals surface area contributed by atoms with E-state index in [0.29, 0.717) is 47.9 Å². The first-order valence-electron chi connectivity index (χ1n) is 9.93. The molecule has 0 amide bonds. The van der Waals surface area contributed by atoms with Crippen LogP contribution in [0.1, 0.15) is 13.8 Å². The highest BCUT2D eigenvalue weighted by molar-refractivity contribution is 7.99. The molecule has 31 heavy (non-hydrogen) atoms. The van der Waals surface area contributed by atoms with Gasteiger partial charge in [0.2, 0.25) is 10.0 Å². The Kier molecular flexibility index (Phi) is 6.68. The molecule has 0 spiro atoms. The van der Waals surface area contributed by atoms with Crippen LogP contribution in [0.2, 0.25) is 5.02 Å². The molecule has 0 radical (unpaired) electrons. The zero-order chi connectivity index (χ0) is 22.0. The minimum atomic E-state index is -3.63. The average molecular weight is 479 g/mol. The molecule has 7 nitrogen and oxygen atoms in total. The van der Waals surface area contributed by atoms with Crippen molar-refractivity contribution in [2.24, 2.45) is 0 Å². The molecule has 1 aliphatic heterocycles. The first-order chi connectivity index (χ1) is 14.9. The average Bonchev–Trinajstić information content (AvgIpc) is 3.17. The minimum absolute atomic E-state index is 0.221. The lowest BCUT2D eigenvalue weighted by Crippen LogP contribution is -2.40. The molecule has 10 heteroatoms. The number of para-hydroxylation sites is 1. The standard InChI is InChI=1S/C21H23ClN4O3S2/c1-15(2)30-21-24-23-20(26(21)19-9-4-3-8-18(19)22)16-6-5-7-17(14-16)31(27,28)25-10-12-29-13-11-25/h3-9,14-15H,10-13H2,1-2H3. The van der Waals surface area contributed by atoms with Crippen LogP contribution in [0.5, 0.6) is 0 Å². The van der Waals surface area contributed by atoms with Gasteiger partial charge in [-0.05, 0) is 24.3 Å². The van der Waals surface area contributed by atoms with Crippen molar-refractivity contribution in [1.29, 1.82) is 0 Å². The molecular weight excluding hydrogens is 456 g/mol. The molecule has 4 rings (SSSR count). The fourth-order valence-electron chi connectivity index (χ4n) is 3.33. The van der Waals surface area contributed by atoms with E-state index in [1.165, 1.54) is 4.31 Å². The molecule has 0 atom stereocenters. The van der Waals surface area contributed by atoms with Crippen LogP contribution in [0.3, 0.4) is 0 Å². The Hall–Kier alpha value is -1.91. The second kappa shape index (κ2) is 9.30. The van der Waals surface area contributed by atoms with E-state index in [0.717, 1.165) is 5.69 Å². The number of sulfonamides is 1. The lowest BCUT2D eigenvalue weighted by Gasteiger charge is -2.26. The van der Waals surface area contributed by atoms with Gasteiger partial charge in [-0.2, -0.15) is 4.31 Å². The summed E-state index contributed by atoms with van der Waals surface area (Å²) in [5, 5.41) is 10.3. The van der Waals surface area contributed by atoms with Gasteiger partial charge in [-0.25, -0.2) is 8.42 Å². The summed E-state index contributed by atoms with van der Waals surface area (Å²) in [6.45, 7) is 5.64. The highest BCUT2D eigenvalue weighted by Crippen LogP contribution is 2.33. The zero-order valence-corrected chi connectivity index (χ0v) is 19.6. The molecule has 2 aromatic carbocycles. The normalized spacial score (nSPS) is 15.5. The summed E-state index contributed by atoms with van der Waals surface area (Å²) in [6.07, 6.45) is 0. The molecule has 164 valence electrons. The molecule has 1 aromatic heterocycles. The summed E-state index contributed by atoms with van der Waals surface area (Å²) in [5.41, 5.74) is 1.39. The van der Waals surface area contributed by atoms with Crippen molar-refractivity contribution in [2.75, 3.05) is 26.3 Å². The Bertz CT molecular complexity index is 1170. The van der Waals surface area contributed by atoms with Gasteiger partial charge in [0.1, 0.15) is 0 Å². The number of halogens is 1. The van der Waals surface area contributed by atoms with Crippen LogP contribution in [0, 0.1) is 0 Å². The van der Waals surface area contributed by atoms with Gasteiger partial charge in [0.25, 0.3) is 0 Å². The third-order valence-corrected chi connectivity index (χ3v) is 7.93. The molecule has 3 aromatic rings. The van der Waals surface area contributed by atoms with Crippen molar-refractivity contribution in [1.82, 2.24) is 19.1 Å². The van der Waals surface area contributed by atoms with Crippen molar-refractivity contribution in [2.45, 2.75) is 29.1 Å². The van der Waals surface area contributed by atoms with Crippen LogP contribution < -0.4 is 0 Å². The topological polar surface area (TPSA) is 77.3 Å². The maximum absolute atomic E-state index is 13.1. The van der Waals surface area contributed by atoms with Gasteiger partial charge < -0.3 is 4.74 Å². The van der Waals surface area contributed by atoms with E-state index in [1.54, 1.807) is 30.0 Å². The largest absolute Gasteiger partial charge is 0.379 e. The minimum Gasteiger partial charge on any atom is -0.379 e. The number of hydrogen-bond donors (Lipinski definition) is 0. The van der Waals surface area contributed by atoms with E-state index >= 15 is 0 Å². The van der Waals surface area contributed by atoms with Gasteiger partial charge >= 0.3 is 0 Å². The summed E-state index contributed by atoms with van der Waals surface area (Å²) in [6, 6.07) is 14.3. The maximum Gasteiger partial charge on any atom is 0.243 e. The highest BCUT2D eigenvalue weighted by atomic mass is 35.5. The van der Waals surface area contributed by atoms with Gasteiger partial charge in [-0.1, -0.05) is 61.5 Å². The summed E-state index contributed by atoms with van der Waals surface area (Å²) in [7, 11) is -3.63. The Balaban J connectivity index is 1.81. The fourth-order valence-corrected chi connectivity index (χ4v) is 5.80. The third-order valence-electron chi connectivity index (χ3n) is 4.77. The first-order valence-corrected chi connectivity index (χ1v) is 12.6. The molecule has 0 unspecified atom stereocenters. The van der Waals surface area contributed by atoms with Gasteiger partial charge in [0.05, 0.1) is 28.8 Å². The quantitative estimate of drug-likeness (QED) is 0.496. The van der Waals surface area contributed by atoms with Gasteiger partial charge in [-0.3, -0.25) is 4.57 Å². The fraction of sp³-hybridized carbons (Fsp3) is 0.333. The molecule has 1 fully saturated rings. The number of benzene rings is 2. The van der Waals surface area contributed by atoms with Gasteiger partial charge in [0.15, 0.2) is 11.0 Å². The third kappa shape index (κ3) is 4.65. The Labute approximate surface area is 191 Å². The predicted molar refractivity (Wildman–Crippen MR) is 122 cm³/mol. The summed E-state index contributed by atoms with van der Waals surface area (Å²) >= 11 is 8.06. The van der Waals surface area contributed by atoms with Crippen molar-refractivity contribution in [3.63, 3.8) is 0 Å². The molecular formula is C21H23ClN4O3S2. The van der Waals surface area contributed by atoms with Crippen LogP contribution in [-0.4, -0.2) is 59.0 Å². The number of aromatic nitrogens is 3. The van der Waals surface area contributed by atoms with Crippen LogP contribution in [0.4, 0.5) is 0 Å². The van der Waals surface area contributed by atoms with Crippen molar-refractivity contribution >= 4 is 33.4 Å². The molecule has 0 bridgehead atoms. The maximum atomic E-state index is 13.1. The number of ether oxygens (including phenoxy) is 1. The van der Waals surface area contributed by atoms with E-state index < -0.39 is 10.0 Å². The van der Waals surface area contributed by atoms with Crippen LogP contribution >= 0.6 is 23.4 Å². The molecule has 0 aliphatic carbocycles. The van der Waals surface area contributed by atoms with E-state index in [9.17, 15) is 8.42 Å². The molecule has 1 aliphatic rings. The van der Waals surface area contributed by atoms with Crippen LogP contribution in [0.25, 0.3) is 17.1 Å². The second-order valence-electron chi connectivity index (χ2n) is 7.30. The molecule has 2 heterocycles. The van der Waals surface area contributed by atoms with Crippen molar-refractivity contribution in [3.05, 3.63) is 53.6 Å². The number of morpholine rings is 1. The van der Waals surface area contributed by atoms with Crippen molar-refractivity contribution in [3.8, 4) is 17.1 Å². The first kappa shape index (κ1) is 22.3. The zero-order valence-electron chi connectivity index (χ0n) is 17.2. The number of nitrogens with zero attached hydrogens (tertiary/aromatic N) is 4. The second-order valence-corrected chi connectivity index (χ2v) is 11.2. The smallest absolute Gasteiger partial charge is 0.243 e. The molecule has 1 saturated heterocycles. The van der Waals surface area contributed by atoms with E-state index in [1.807, 2.05) is 34.9 Å². The molecule has 0 saturated carbocycles. The highest BCUT2D eigenvalue weighted by Gasteiger charge is 2.27. The summed E-state index contributed by atoms with van der Waals surface area (Å²) in [4.78, 5) is 0.221. The lowest BCUT2D eigenvalue weighted by molar-refractivity contribution is 0.0730. The van der Waals surface area contributed by atoms with Crippen LogP contribution in [-0.2, 0) is 14.8 Å². The van der Waals surface area contributed by atoms with E-state index in [4.69, 9.17) is 16.3 Å². The molecule has 0 N–H and O–H groups in total. The van der Waals surface area contributed by atoms with Crippen molar-refractivity contribution < 1.29 is 13.2 Å². The predicted octanol–water partition coefficient (Wildman–Crippen LogP) is 4.11. The SMILES string of the molecule is CC(C)Sc1nnc(-c2cccc(S(=O)(=O)N3CCOCC3)c2)n1-c1ccccc1Cl. The Morgan fingerprint density at radius 2 is 1.81 bits per heavy atom. The Morgan fingerprint density at radius 3 is 2.52 bits per heavy atom. The van der Waals surface area contributed by atoms with Crippen LogP contribution in [0.15, 0.2) is 58.6 Å². The summed E-state index contributed by atoms with van der Waals surface area (Å²) < 4.78 is 34.9. The summed E-state index contributed by atoms with van der Waals surface area (Å²) in [5.74, 6) is 0.537. The van der Waals surface area contributed by atoms with Gasteiger partial charge in [0, 0.05) is 23.9 Å². The number of hydrogen-bond acceptors (Lipinski definition) is 6. The van der Waals surface area contributed by atoms with E-state index in [2.05, 4.69) is 24.0 Å². The lowest BCUT2D eigenvalue weighted by atomic mass is 10.2. The monoisotopic (exact) mass is 478 g/mol. The number of rotatable bonds is 6. The Morgan fingerprint density at radius 1 is 1.06 bits per heavy atom.